The second kappa shape index (κ2) is 7.35. The Morgan fingerprint density at radius 2 is 1.60 bits per heavy atom. The number of hydrogen-bond donors (Lipinski definition) is 1. The summed E-state index contributed by atoms with van der Waals surface area (Å²) in [5, 5.41) is 0. The number of rotatable bonds is 8. The second-order valence-corrected chi connectivity index (χ2v) is 6.18. The number of sulfonamides is 1. The molecule has 0 spiro atoms. The van der Waals surface area contributed by atoms with Crippen molar-refractivity contribution in [3.8, 4) is 17.2 Å². The van der Waals surface area contributed by atoms with Crippen LogP contribution in [0.2, 0.25) is 0 Å². The molecule has 7 heteroatoms. The molecule has 1 aromatic carbocycles. The minimum absolute atomic E-state index is 0.0717. The lowest BCUT2D eigenvalue weighted by atomic mass is 10.1. The second-order valence-electron chi connectivity index (χ2n) is 4.08. The van der Waals surface area contributed by atoms with Crippen molar-refractivity contribution in [2.75, 3.05) is 33.6 Å². The largest absolute Gasteiger partial charge is 0.493 e. The summed E-state index contributed by atoms with van der Waals surface area (Å²) in [4.78, 5) is 0. The molecular weight excluding hydrogens is 282 g/mol. The Hall–Kier alpha value is -1.47. The van der Waals surface area contributed by atoms with Gasteiger partial charge in [-0.25, -0.2) is 13.1 Å². The van der Waals surface area contributed by atoms with Gasteiger partial charge in [-0.3, -0.25) is 0 Å². The fourth-order valence-corrected chi connectivity index (χ4v) is 2.35. The van der Waals surface area contributed by atoms with E-state index in [-0.39, 0.29) is 5.75 Å². The molecule has 1 rings (SSSR count). The highest BCUT2D eigenvalue weighted by Crippen LogP contribution is 2.38. The number of hydrogen-bond acceptors (Lipinski definition) is 5. The summed E-state index contributed by atoms with van der Waals surface area (Å²) in [7, 11) is 1.45. The van der Waals surface area contributed by atoms with E-state index in [0.717, 1.165) is 5.56 Å². The van der Waals surface area contributed by atoms with Crippen molar-refractivity contribution in [1.82, 2.24) is 4.72 Å². The summed E-state index contributed by atoms with van der Waals surface area (Å²) in [6.45, 7) is 1.93. The minimum Gasteiger partial charge on any atom is -0.493 e. The monoisotopic (exact) mass is 303 g/mol. The van der Waals surface area contributed by atoms with Crippen LogP contribution in [0, 0.1) is 0 Å². The maximum absolute atomic E-state index is 11.4. The van der Waals surface area contributed by atoms with Gasteiger partial charge in [0.05, 0.1) is 27.1 Å². The first kappa shape index (κ1) is 16.6. The predicted octanol–water partition coefficient (Wildman–Crippen LogP) is 1.19. The lowest BCUT2D eigenvalue weighted by molar-refractivity contribution is 0.324. The molecule has 6 nitrogen and oxygen atoms in total. The van der Waals surface area contributed by atoms with Crippen LogP contribution in [0.3, 0.4) is 0 Å². The standard InChI is InChI=1S/C13H21NO5S/c1-5-20(15,16)14-7-6-10-8-11(17-2)13(19-4)12(9-10)18-3/h8-9,14H,5-7H2,1-4H3. The Morgan fingerprint density at radius 3 is 2.00 bits per heavy atom. The zero-order chi connectivity index (χ0) is 15.2. The van der Waals surface area contributed by atoms with Crippen LogP contribution in [0.25, 0.3) is 0 Å². The Balaban J connectivity index is 2.86. The normalized spacial score (nSPS) is 11.2. The van der Waals surface area contributed by atoms with Gasteiger partial charge in [0, 0.05) is 6.54 Å². The number of ether oxygens (including phenoxy) is 3. The van der Waals surface area contributed by atoms with Crippen LogP contribution in [0.15, 0.2) is 12.1 Å². The minimum atomic E-state index is -3.17. The van der Waals surface area contributed by atoms with Crippen LogP contribution in [0.5, 0.6) is 17.2 Å². The van der Waals surface area contributed by atoms with Gasteiger partial charge in [-0.2, -0.15) is 0 Å². The molecule has 0 unspecified atom stereocenters. The zero-order valence-electron chi connectivity index (χ0n) is 12.2. The summed E-state index contributed by atoms with van der Waals surface area (Å²) in [5.41, 5.74) is 0.901. The van der Waals surface area contributed by atoms with Gasteiger partial charge < -0.3 is 14.2 Å². The molecule has 0 aromatic heterocycles. The quantitative estimate of drug-likeness (QED) is 0.781. The zero-order valence-corrected chi connectivity index (χ0v) is 13.0. The Kier molecular flexibility index (Phi) is 6.09. The molecule has 1 N–H and O–H groups in total. The molecule has 0 fully saturated rings. The average Bonchev–Trinajstić information content (AvgIpc) is 2.45. The van der Waals surface area contributed by atoms with E-state index in [0.29, 0.717) is 30.2 Å². The summed E-state index contributed by atoms with van der Waals surface area (Å²) >= 11 is 0. The SMILES string of the molecule is CCS(=O)(=O)NCCc1cc(OC)c(OC)c(OC)c1. The fraction of sp³-hybridized carbons (Fsp3) is 0.538. The molecule has 0 heterocycles. The Morgan fingerprint density at radius 1 is 1.05 bits per heavy atom. The van der Waals surface area contributed by atoms with E-state index in [9.17, 15) is 8.42 Å². The number of benzene rings is 1. The van der Waals surface area contributed by atoms with Gasteiger partial charge in [0.25, 0.3) is 0 Å². The van der Waals surface area contributed by atoms with Crippen LogP contribution in [0.1, 0.15) is 12.5 Å². The van der Waals surface area contributed by atoms with Crippen molar-refractivity contribution in [2.45, 2.75) is 13.3 Å². The molecule has 0 aliphatic heterocycles. The molecule has 114 valence electrons. The van der Waals surface area contributed by atoms with E-state index >= 15 is 0 Å². The highest BCUT2D eigenvalue weighted by atomic mass is 32.2. The lowest BCUT2D eigenvalue weighted by Gasteiger charge is -2.14. The molecular formula is C13H21NO5S. The lowest BCUT2D eigenvalue weighted by Crippen LogP contribution is -2.27. The molecule has 20 heavy (non-hydrogen) atoms. The average molecular weight is 303 g/mol. The van der Waals surface area contributed by atoms with Crippen LogP contribution in [0.4, 0.5) is 0 Å². The van der Waals surface area contributed by atoms with Gasteiger partial charge in [-0.15, -0.1) is 0 Å². The first-order valence-electron chi connectivity index (χ1n) is 6.23. The first-order valence-corrected chi connectivity index (χ1v) is 7.88. The molecule has 0 saturated carbocycles. The van der Waals surface area contributed by atoms with E-state index in [1.807, 2.05) is 12.1 Å². The van der Waals surface area contributed by atoms with Gasteiger partial charge in [0.2, 0.25) is 15.8 Å². The topological polar surface area (TPSA) is 73.9 Å². The highest BCUT2D eigenvalue weighted by Gasteiger charge is 2.13. The van der Waals surface area contributed by atoms with Crippen molar-refractivity contribution in [1.29, 1.82) is 0 Å². The number of nitrogens with one attached hydrogen (secondary N) is 1. The number of methoxy groups -OCH3 is 3. The summed E-state index contributed by atoms with van der Waals surface area (Å²) in [6, 6.07) is 3.61. The van der Waals surface area contributed by atoms with Gasteiger partial charge in [0.1, 0.15) is 0 Å². The van der Waals surface area contributed by atoms with Crippen molar-refractivity contribution in [3.05, 3.63) is 17.7 Å². The van der Waals surface area contributed by atoms with Crippen molar-refractivity contribution in [3.63, 3.8) is 0 Å². The highest BCUT2D eigenvalue weighted by molar-refractivity contribution is 7.89. The molecule has 0 saturated heterocycles. The van der Waals surface area contributed by atoms with Crippen LogP contribution < -0.4 is 18.9 Å². The third kappa shape index (κ3) is 4.28. The molecule has 0 bridgehead atoms. The van der Waals surface area contributed by atoms with Gasteiger partial charge in [-0.1, -0.05) is 0 Å². The Labute approximate surface area is 120 Å². The maximum atomic E-state index is 11.4. The molecule has 0 atom stereocenters. The van der Waals surface area contributed by atoms with Gasteiger partial charge in [-0.05, 0) is 31.0 Å². The summed E-state index contributed by atoms with van der Waals surface area (Å²) in [6.07, 6.45) is 0.538. The van der Waals surface area contributed by atoms with Crippen molar-refractivity contribution < 1.29 is 22.6 Å². The molecule has 0 radical (unpaired) electrons. The van der Waals surface area contributed by atoms with E-state index in [1.165, 1.54) is 7.11 Å². The molecule has 0 aliphatic rings. The van der Waals surface area contributed by atoms with Crippen LogP contribution >= 0.6 is 0 Å². The molecule has 0 aliphatic carbocycles. The third-order valence-electron chi connectivity index (χ3n) is 2.84. The molecule has 0 amide bonds. The smallest absolute Gasteiger partial charge is 0.211 e. The van der Waals surface area contributed by atoms with E-state index in [2.05, 4.69) is 4.72 Å². The summed E-state index contributed by atoms with van der Waals surface area (Å²) < 4.78 is 40.9. The van der Waals surface area contributed by atoms with Crippen LogP contribution in [-0.4, -0.2) is 42.0 Å². The van der Waals surface area contributed by atoms with Crippen molar-refractivity contribution in [2.24, 2.45) is 0 Å². The van der Waals surface area contributed by atoms with E-state index in [1.54, 1.807) is 21.1 Å². The first-order chi connectivity index (χ1) is 9.47. The third-order valence-corrected chi connectivity index (χ3v) is 4.24. The maximum Gasteiger partial charge on any atom is 0.211 e. The molecule has 1 aromatic rings. The van der Waals surface area contributed by atoms with E-state index < -0.39 is 10.0 Å². The van der Waals surface area contributed by atoms with Gasteiger partial charge in [0.15, 0.2) is 11.5 Å². The van der Waals surface area contributed by atoms with Crippen molar-refractivity contribution >= 4 is 10.0 Å². The Bertz CT molecular complexity index is 517. The fourth-order valence-electron chi connectivity index (χ4n) is 1.73. The van der Waals surface area contributed by atoms with Crippen LogP contribution in [-0.2, 0) is 16.4 Å². The van der Waals surface area contributed by atoms with E-state index in [4.69, 9.17) is 14.2 Å². The van der Waals surface area contributed by atoms with Gasteiger partial charge >= 0.3 is 0 Å². The predicted molar refractivity (Wildman–Crippen MR) is 77.3 cm³/mol. The summed E-state index contributed by atoms with van der Waals surface area (Å²) in [5.74, 6) is 1.70.